The van der Waals surface area contributed by atoms with Crippen molar-refractivity contribution in [3.8, 4) is 0 Å². The summed E-state index contributed by atoms with van der Waals surface area (Å²) in [6.45, 7) is 3.57. The SMILES string of the molecule is C=CC[C@H](O)/C=C/C[C@H](O)C1CCCCC1. The number of rotatable bonds is 6. The van der Waals surface area contributed by atoms with Crippen LogP contribution in [0.15, 0.2) is 24.8 Å². The smallest absolute Gasteiger partial charge is 0.0755 e. The average Bonchev–Trinajstić information content (AvgIpc) is 2.30. The molecule has 2 nitrogen and oxygen atoms in total. The fourth-order valence-electron chi connectivity index (χ4n) is 2.34. The third-order valence-corrected chi connectivity index (χ3v) is 3.34. The van der Waals surface area contributed by atoms with Crippen molar-refractivity contribution in [3.05, 3.63) is 24.8 Å². The second kappa shape index (κ2) is 7.64. The van der Waals surface area contributed by atoms with Crippen LogP contribution >= 0.6 is 0 Å². The molecule has 0 bridgehead atoms. The van der Waals surface area contributed by atoms with Crippen molar-refractivity contribution in [2.75, 3.05) is 0 Å². The largest absolute Gasteiger partial charge is 0.393 e. The highest BCUT2D eigenvalue weighted by Gasteiger charge is 2.20. The maximum atomic E-state index is 9.96. The van der Waals surface area contributed by atoms with Gasteiger partial charge in [0.1, 0.15) is 0 Å². The molecule has 0 saturated heterocycles. The van der Waals surface area contributed by atoms with E-state index in [1.54, 1.807) is 12.2 Å². The van der Waals surface area contributed by atoms with Gasteiger partial charge in [-0.1, -0.05) is 37.5 Å². The van der Waals surface area contributed by atoms with Crippen LogP contribution in [0.5, 0.6) is 0 Å². The molecule has 0 radical (unpaired) electrons. The summed E-state index contributed by atoms with van der Waals surface area (Å²) in [4.78, 5) is 0. The molecule has 1 fully saturated rings. The van der Waals surface area contributed by atoms with Crippen molar-refractivity contribution >= 4 is 0 Å². The van der Waals surface area contributed by atoms with Crippen molar-refractivity contribution in [1.82, 2.24) is 0 Å². The van der Waals surface area contributed by atoms with Crippen LogP contribution in [-0.4, -0.2) is 22.4 Å². The molecule has 0 unspecified atom stereocenters. The van der Waals surface area contributed by atoms with E-state index in [2.05, 4.69) is 6.58 Å². The molecule has 0 heterocycles. The molecule has 1 aliphatic carbocycles. The normalized spacial score (nSPS) is 22.1. The van der Waals surface area contributed by atoms with Crippen LogP contribution in [0.4, 0.5) is 0 Å². The lowest BCUT2D eigenvalue weighted by atomic mass is 9.84. The lowest BCUT2D eigenvalue weighted by molar-refractivity contribution is 0.0871. The molecule has 1 saturated carbocycles. The van der Waals surface area contributed by atoms with Gasteiger partial charge in [0.05, 0.1) is 12.2 Å². The first-order chi connectivity index (χ1) is 7.74. The van der Waals surface area contributed by atoms with Gasteiger partial charge in [-0.3, -0.25) is 0 Å². The monoisotopic (exact) mass is 224 g/mol. The molecule has 0 amide bonds. The van der Waals surface area contributed by atoms with Crippen LogP contribution in [0.25, 0.3) is 0 Å². The van der Waals surface area contributed by atoms with E-state index >= 15 is 0 Å². The molecule has 0 aromatic rings. The Morgan fingerprint density at radius 1 is 1.12 bits per heavy atom. The Morgan fingerprint density at radius 3 is 2.44 bits per heavy atom. The Labute approximate surface area is 98.7 Å². The molecule has 16 heavy (non-hydrogen) atoms. The number of aliphatic hydroxyl groups excluding tert-OH is 2. The standard InChI is InChI=1S/C14H24O2/c1-2-7-13(15)10-6-11-14(16)12-8-4-3-5-9-12/h2,6,10,12-16H,1,3-5,7-9,11H2/b10-6+/t13-,14-/m0/s1. The highest BCUT2D eigenvalue weighted by molar-refractivity contribution is 4.93. The van der Waals surface area contributed by atoms with Gasteiger partial charge < -0.3 is 10.2 Å². The zero-order valence-corrected chi connectivity index (χ0v) is 10.0. The molecule has 0 spiro atoms. The van der Waals surface area contributed by atoms with E-state index < -0.39 is 6.10 Å². The summed E-state index contributed by atoms with van der Waals surface area (Å²) < 4.78 is 0. The summed E-state index contributed by atoms with van der Waals surface area (Å²) in [5, 5.41) is 19.4. The third-order valence-electron chi connectivity index (χ3n) is 3.34. The first kappa shape index (κ1) is 13.5. The first-order valence-electron chi connectivity index (χ1n) is 6.37. The second-order valence-corrected chi connectivity index (χ2v) is 4.72. The molecule has 2 N–H and O–H groups in total. The fraction of sp³-hybridized carbons (Fsp3) is 0.714. The van der Waals surface area contributed by atoms with Crippen molar-refractivity contribution in [2.24, 2.45) is 5.92 Å². The molecular formula is C14H24O2. The molecule has 1 aliphatic rings. The van der Waals surface area contributed by atoms with E-state index in [0.717, 1.165) is 12.8 Å². The van der Waals surface area contributed by atoms with Crippen LogP contribution in [-0.2, 0) is 0 Å². The van der Waals surface area contributed by atoms with Crippen molar-refractivity contribution in [1.29, 1.82) is 0 Å². The van der Waals surface area contributed by atoms with Crippen molar-refractivity contribution in [2.45, 2.75) is 57.2 Å². The maximum absolute atomic E-state index is 9.96. The van der Waals surface area contributed by atoms with E-state index in [1.807, 2.05) is 6.08 Å². The summed E-state index contributed by atoms with van der Waals surface area (Å²) in [5.41, 5.74) is 0. The minimum absolute atomic E-state index is 0.229. The van der Waals surface area contributed by atoms with Gasteiger partial charge >= 0.3 is 0 Å². The zero-order chi connectivity index (χ0) is 11.8. The van der Waals surface area contributed by atoms with Crippen molar-refractivity contribution < 1.29 is 10.2 Å². The maximum Gasteiger partial charge on any atom is 0.0755 e. The van der Waals surface area contributed by atoms with Crippen LogP contribution < -0.4 is 0 Å². The van der Waals surface area contributed by atoms with Crippen LogP contribution in [0.1, 0.15) is 44.9 Å². The average molecular weight is 224 g/mol. The Kier molecular flexibility index (Phi) is 6.43. The molecule has 0 aromatic heterocycles. The van der Waals surface area contributed by atoms with Crippen LogP contribution in [0.2, 0.25) is 0 Å². The lowest BCUT2D eigenvalue weighted by Crippen LogP contribution is -2.22. The molecular weight excluding hydrogens is 200 g/mol. The minimum atomic E-state index is -0.448. The quantitative estimate of drug-likeness (QED) is 0.681. The van der Waals surface area contributed by atoms with Gasteiger partial charge in [-0.15, -0.1) is 6.58 Å². The summed E-state index contributed by atoms with van der Waals surface area (Å²) in [7, 11) is 0. The van der Waals surface area contributed by atoms with E-state index in [-0.39, 0.29) is 6.10 Å². The van der Waals surface area contributed by atoms with Gasteiger partial charge in [-0.2, -0.15) is 0 Å². The summed E-state index contributed by atoms with van der Waals surface area (Å²) in [6.07, 6.45) is 12.1. The van der Waals surface area contributed by atoms with Gasteiger partial charge in [0.25, 0.3) is 0 Å². The summed E-state index contributed by atoms with van der Waals surface area (Å²) in [6, 6.07) is 0. The van der Waals surface area contributed by atoms with E-state index in [1.165, 1.54) is 19.3 Å². The molecule has 92 valence electrons. The van der Waals surface area contributed by atoms with Gasteiger partial charge in [-0.05, 0) is 31.6 Å². The van der Waals surface area contributed by atoms with Crippen LogP contribution in [0, 0.1) is 5.92 Å². The number of aliphatic hydroxyl groups is 2. The second-order valence-electron chi connectivity index (χ2n) is 4.72. The molecule has 0 aliphatic heterocycles. The molecule has 2 atom stereocenters. The van der Waals surface area contributed by atoms with Crippen LogP contribution in [0.3, 0.4) is 0 Å². The van der Waals surface area contributed by atoms with Gasteiger partial charge in [-0.25, -0.2) is 0 Å². The Bertz CT molecular complexity index is 217. The predicted octanol–water partition coefficient (Wildman–Crippen LogP) is 2.81. The highest BCUT2D eigenvalue weighted by Crippen LogP contribution is 2.27. The Hall–Kier alpha value is -0.600. The van der Waals surface area contributed by atoms with E-state index in [9.17, 15) is 10.2 Å². The summed E-state index contributed by atoms with van der Waals surface area (Å²) >= 11 is 0. The van der Waals surface area contributed by atoms with Crippen molar-refractivity contribution in [3.63, 3.8) is 0 Å². The molecule has 2 heteroatoms. The molecule has 0 aromatic carbocycles. The Morgan fingerprint density at radius 2 is 1.81 bits per heavy atom. The number of hydrogen-bond acceptors (Lipinski definition) is 2. The first-order valence-corrected chi connectivity index (χ1v) is 6.37. The van der Waals surface area contributed by atoms with E-state index in [4.69, 9.17) is 0 Å². The van der Waals surface area contributed by atoms with E-state index in [0.29, 0.717) is 18.8 Å². The summed E-state index contributed by atoms with van der Waals surface area (Å²) in [5.74, 6) is 0.468. The zero-order valence-electron chi connectivity index (χ0n) is 10.0. The molecule has 1 rings (SSSR count). The lowest BCUT2D eigenvalue weighted by Gasteiger charge is -2.25. The minimum Gasteiger partial charge on any atom is -0.393 e. The fourth-order valence-corrected chi connectivity index (χ4v) is 2.34. The number of hydrogen-bond donors (Lipinski definition) is 2. The Balaban J connectivity index is 2.22. The van der Waals surface area contributed by atoms with Gasteiger partial charge in [0.2, 0.25) is 0 Å². The third kappa shape index (κ3) is 4.95. The topological polar surface area (TPSA) is 40.5 Å². The predicted molar refractivity (Wildman–Crippen MR) is 67.2 cm³/mol. The highest BCUT2D eigenvalue weighted by atomic mass is 16.3. The van der Waals surface area contributed by atoms with Gasteiger partial charge in [0.15, 0.2) is 0 Å². The van der Waals surface area contributed by atoms with Gasteiger partial charge in [0, 0.05) is 0 Å².